The van der Waals surface area contributed by atoms with Gasteiger partial charge in [-0.2, -0.15) is 26.3 Å². The average molecular weight is 687 g/mol. The molecule has 12 heteroatoms. The third-order valence-electron chi connectivity index (χ3n) is 9.56. The first kappa shape index (κ1) is 39.0. The summed E-state index contributed by atoms with van der Waals surface area (Å²) in [5.41, 5.74) is 0.410. The number of ether oxygens (including phenoxy) is 2. The molecule has 2 aromatic rings. The van der Waals surface area contributed by atoms with E-state index < -0.39 is 35.4 Å². The zero-order chi connectivity index (χ0) is 35.8. The molecule has 2 aromatic carbocycles. The number of halogens is 6. The summed E-state index contributed by atoms with van der Waals surface area (Å²) in [6, 6.07) is 4.55. The minimum atomic E-state index is -4.50. The zero-order valence-electron chi connectivity index (χ0n) is 28.7. The maximum Gasteiger partial charge on any atom is 0.416 e. The van der Waals surface area contributed by atoms with Crippen molar-refractivity contribution in [2.24, 2.45) is 0 Å². The van der Waals surface area contributed by atoms with E-state index in [1.54, 1.807) is 13.8 Å². The highest BCUT2D eigenvalue weighted by molar-refractivity contribution is 5.94. The van der Waals surface area contributed by atoms with Crippen LogP contribution >= 0.6 is 0 Å². The number of esters is 2. The molecule has 0 radical (unpaired) electrons. The van der Waals surface area contributed by atoms with Crippen LogP contribution in [0.25, 0.3) is 0 Å². The molecule has 4 rings (SSSR count). The number of alkyl halides is 6. The van der Waals surface area contributed by atoms with Crippen molar-refractivity contribution in [1.29, 1.82) is 0 Å². The molecule has 0 saturated heterocycles. The summed E-state index contributed by atoms with van der Waals surface area (Å²) in [4.78, 5) is 27.9. The lowest BCUT2D eigenvalue weighted by Gasteiger charge is -2.37. The molecule has 0 bridgehead atoms. The van der Waals surface area contributed by atoms with Crippen molar-refractivity contribution >= 4 is 23.3 Å². The molecule has 268 valence electrons. The van der Waals surface area contributed by atoms with Crippen LogP contribution in [-0.2, 0) is 21.8 Å². The molecular weight excluding hydrogens is 638 g/mol. The fraction of sp³-hybridized carbons (Fsp3) is 0.611. The van der Waals surface area contributed by atoms with Crippen molar-refractivity contribution in [3.05, 3.63) is 57.6 Å². The van der Waals surface area contributed by atoms with Crippen LogP contribution in [0.1, 0.15) is 121 Å². The molecule has 0 aromatic heterocycles. The molecule has 48 heavy (non-hydrogen) atoms. The summed E-state index contributed by atoms with van der Waals surface area (Å²) in [6.45, 7) is 8.46. The van der Waals surface area contributed by atoms with Gasteiger partial charge in [0.25, 0.3) is 0 Å². The van der Waals surface area contributed by atoms with Gasteiger partial charge in [-0.05, 0) is 88.8 Å². The lowest BCUT2D eigenvalue weighted by molar-refractivity contribution is -0.138. The van der Waals surface area contributed by atoms with Crippen molar-refractivity contribution in [2.45, 2.75) is 116 Å². The zero-order valence-corrected chi connectivity index (χ0v) is 28.7. The number of hydrogen-bond donors (Lipinski definition) is 0. The first-order chi connectivity index (χ1) is 22.6. The molecule has 6 nitrogen and oxygen atoms in total. The highest BCUT2D eigenvalue weighted by Crippen LogP contribution is 2.39. The van der Waals surface area contributed by atoms with Crippen LogP contribution < -0.4 is 9.80 Å². The summed E-state index contributed by atoms with van der Waals surface area (Å²) >= 11 is 0. The first-order valence-corrected chi connectivity index (χ1v) is 16.7. The van der Waals surface area contributed by atoms with Gasteiger partial charge in [0, 0.05) is 36.5 Å². The average Bonchev–Trinajstić information content (AvgIpc) is 3.06. The minimum Gasteiger partial charge on any atom is -0.465 e. The molecule has 0 unspecified atom stereocenters. The number of methoxy groups -OCH3 is 2. The predicted molar refractivity (Wildman–Crippen MR) is 175 cm³/mol. The molecule has 0 N–H and O–H groups in total. The Morgan fingerprint density at radius 2 is 0.938 bits per heavy atom. The molecule has 0 atom stereocenters. The topological polar surface area (TPSA) is 59.1 Å². The highest BCUT2D eigenvalue weighted by Gasteiger charge is 2.36. The molecule has 0 spiro atoms. The molecule has 2 aliphatic carbocycles. The minimum absolute atomic E-state index is 0.0171. The number of carbonyl (C=O) groups is 2. The summed E-state index contributed by atoms with van der Waals surface area (Å²) in [5.74, 6) is -1.47. The van der Waals surface area contributed by atoms with Crippen molar-refractivity contribution < 1.29 is 45.4 Å². The molecule has 2 aliphatic rings. The number of carbonyl (C=O) groups excluding carboxylic acids is 2. The quantitative estimate of drug-likeness (QED) is 0.204. The number of nitrogens with zero attached hydrogens (tertiary/aromatic N) is 2. The molecule has 2 fully saturated rings. The van der Waals surface area contributed by atoms with Gasteiger partial charge in [-0.1, -0.05) is 38.5 Å². The van der Waals surface area contributed by atoms with Crippen LogP contribution in [-0.4, -0.2) is 51.3 Å². The van der Waals surface area contributed by atoms with Gasteiger partial charge in [-0.15, -0.1) is 0 Å². The summed E-state index contributed by atoms with van der Waals surface area (Å²) in [7, 11) is 2.36. The van der Waals surface area contributed by atoms with Gasteiger partial charge in [-0.25, -0.2) is 9.59 Å². The first-order valence-electron chi connectivity index (χ1n) is 16.7. The van der Waals surface area contributed by atoms with Crippen molar-refractivity contribution in [2.75, 3.05) is 37.1 Å². The monoisotopic (exact) mass is 686 g/mol. The Hall–Kier alpha value is -3.44. The van der Waals surface area contributed by atoms with Gasteiger partial charge in [0.15, 0.2) is 0 Å². The van der Waals surface area contributed by atoms with Gasteiger partial charge in [0.2, 0.25) is 0 Å². The Morgan fingerprint density at radius 3 is 1.19 bits per heavy atom. The van der Waals surface area contributed by atoms with Gasteiger partial charge in [0.05, 0.1) is 36.5 Å². The van der Waals surface area contributed by atoms with Crippen LogP contribution in [0.4, 0.5) is 37.7 Å². The van der Waals surface area contributed by atoms with Crippen LogP contribution in [0, 0.1) is 13.8 Å². The standard InChI is InChI=1S/2C18H24F3NO2/c2*1-4-22(14-8-6-5-7-9-14)16-11-13(18(19,20)21)10-15(12(16)2)17(23)24-3/h2*10-11,14H,4-9H2,1-3H3. The second-order valence-corrected chi connectivity index (χ2v) is 12.5. The van der Waals surface area contributed by atoms with Crippen LogP contribution in [0.5, 0.6) is 0 Å². The number of anilines is 2. The Morgan fingerprint density at radius 1 is 0.625 bits per heavy atom. The van der Waals surface area contributed by atoms with Gasteiger partial charge in [-0.3, -0.25) is 0 Å². The SMILES string of the molecule is CCN(c1cc(C(F)(F)F)cc(C(=O)OC)c1C)C1CCCCC1.CCN(c1cc(C(F)(F)F)cc(C(=O)OC)c1C)C1CCCCC1. The largest absolute Gasteiger partial charge is 0.465 e. The van der Waals surface area contributed by atoms with Crippen molar-refractivity contribution in [1.82, 2.24) is 0 Å². The van der Waals surface area contributed by atoms with E-state index in [1.165, 1.54) is 39.2 Å². The van der Waals surface area contributed by atoms with Crippen LogP contribution in [0.3, 0.4) is 0 Å². The molecular formula is C36H48F6N2O4. The summed E-state index contributed by atoms with van der Waals surface area (Å²) in [6.07, 6.45) is 1.56. The molecule has 2 saturated carbocycles. The summed E-state index contributed by atoms with van der Waals surface area (Å²) in [5, 5.41) is 0. The van der Waals surface area contributed by atoms with E-state index in [1.807, 2.05) is 23.6 Å². The Labute approximate surface area is 279 Å². The Bertz CT molecular complexity index is 1290. The maximum absolute atomic E-state index is 13.3. The van der Waals surface area contributed by atoms with Gasteiger partial charge >= 0.3 is 24.3 Å². The van der Waals surface area contributed by atoms with E-state index in [9.17, 15) is 35.9 Å². The molecule has 0 aliphatic heterocycles. The summed E-state index contributed by atoms with van der Waals surface area (Å²) < 4.78 is 89.1. The third-order valence-corrected chi connectivity index (χ3v) is 9.56. The predicted octanol–water partition coefficient (Wildman–Crippen LogP) is 9.92. The van der Waals surface area contributed by atoms with E-state index in [2.05, 4.69) is 9.47 Å². The Kier molecular flexibility index (Phi) is 13.6. The van der Waals surface area contributed by atoms with Crippen molar-refractivity contribution in [3.63, 3.8) is 0 Å². The van der Waals surface area contributed by atoms with Crippen LogP contribution in [0.15, 0.2) is 24.3 Å². The van der Waals surface area contributed by atoms with Crippen molar-refractivity contribution in [3.8, 4) is 0 Å². The normalized spacial score (nSPS) is 16.1. The maximum atomic E-state index is 13.3. The van der Waals surface area contributed by atoms with E-state index >= 15 is 0 Å². The van der Waals surface area contributed by atoms with Gasteiger partial charge < -0.3 is 19.3 Å². The van der Waals surface area contributed by atoms with Gasteiger partial charge in [0.1, 0.15) is 0 Å². The number of benzene rings is 2. The third kappa shape index (κ3) is 9.37. The lowest BCUT2D eigenvalue weighted by Crippen LogP contribution is -2.37. The highest BCUT2D eigenvalue weighted by atomic mass is 19.4. The smallest absolute Gasteiger partial charge is 0.416 e. The fourth-order valence-electron chi connectivity index (χ4n) is 7.00. The fourth-order valence-corrected chi connectivity index (χ4v) is 7.00. The molecule has 0 heterocycles. The van der Waals surface area contributed by atoms with E-state index in [4.69, 9.17) is 0 Å². The second kappa shape index (κ2) is 16.8. The lowest BCUT2D eigenvalue weighted by atomic mass is 9.92. The number of rotatable bonds is 8. The van der Waals surface area contributed by atoms with E-state index in [0.717, 1.165) is 63.5 Å². The number of hydrogen-bond acceptors (Lipinski definition) is 6. The van der Waals surface area contributed by atoms with E-state index in [-0.39, 0.29) is 23.2 Å². The second-order valence-electron chi connectivity index (χ2n) is 12.5. The van der Waals surface area contributed by atoms with Crippen LogP contribution in [0.2, 0.25) is 0 Å². The molecule has 0 amide bonds. The van der Waals surface area contributed by atoms with E-state index in [0.29, 0.717) is 35.6 Å². The Balaban J connectivity index is 0.000000260.